The molecule has 142 valence electrons. The van der Waals surface area contributed by atoms with Crippen LogP contribution in [-0.2, 0) is 0 Å². The van der Waals surface area contributed by atoms with Gasteiger partial charge in [-0.1, -0.05) is 12.8 Å². The molecule has 2 aliphatic rings. The van der Waals surface area contributed by atoms with Gasteiger partial charge in [0.25, 0.3) is 0 Å². The van der Waals surface area contributed by atoms with Gasteiger partial charge >= 0.3 is 0 Å². The molecule has 0 aromatic carbocycles. The van der Waals surface area contributed by atoms with Crippen LogP contribution in [0.4, 0.5) is 0 Å². The van der Waals surface area contributed by atoms with Gasteiger partial charge in [0.15, 0.2) is 11.5 Å². The zero-order valence-corrected chi connectivity index (χ0v) is 15.8. The summed E-state index contributed by atoms with van der Waals surface area (Å²) in [7, 11) is 1.64. The Morgan fingerprint density at radius 3 is 2.31 bits per heavy atom. The zero-order valence-electron chi connectivity index (χ0n) is 15.8. The summed E-state index contributed by atoms with van der Waals surface area (Å²) in [6, 6.07) is 3.75. The lowest BCUT2D eigenvalue weighted by atomic mass is 9.96. The van der Waals surface area contributed by atoms with E-state index in [2.05, 4.69) is 25.1 Å². The fourth-order valence-corrected chi connectivity index (χ4v) is 4.21. The number of aromatic nitrogens is 4. The summed E-state index contributed by atoms with van der Waals surface area (Å²) in [5.74, 6) is 2.01. The highest BCUT2D eigenvalue weighted by molar-refractivity contribution is 5.38. The van der Waals surface area contributed by atoms with E-state index in [1.165, 1.54) is 51.9 Å². The maximum atomic E-state index is 5.25. The summed E-state index contributed by atoms with van der Waals surface area (Å²) < 4.78 is 7.11. The first kappa shape index (κ1) is 17.7. The molecule has 7 nitrogen and oxygen atoms in total. The largest absolute Gasteiger partial charge is 0.480 e. The van der Waals surface area contributed by atoms with Crippen molar-refractivity contribution in [1.29, 1.82) is 0 Å². The lowest BCUT2D eigenvalue weighted by molar-refractivity contribution is 0.172. The number of ether oxygens (including phenoxy) is 1. The van der Waals surface area contributed by atoms with Crippen molar-refractivity contribution in [2.75, 3.05) is 46.4 Å². The molecule has 0 aliphatic carbocycles. The predicted octanol–water partition coefficient (Wildman–Crippen LogP) is 2.19. The van der Waals surface area contributed by atoms with Gasteiger partial charge in [0.2, 0.25) is 5.88 Å². The Bertz CT molecular complexity index is 701. The van der Waals surface area contributed by atoms with E-state index in [1.54, 1.807) is 7.11 Å². The second-order valence-electron chi connectivity index (χ2n) is 7.58. The van der Waals surface area contributed by atoms with E-state index >= 15 is 0 Å². The summed E-state index contributed by atoms with van der Waals surface area (Å²) in [5, 5.41) is 13.2. The molecule has 0 radical (unpaired) electrons. The van der Waals surface area contributed by atoms with Gasteiger partial charge in [-0.2, -0.15) is 4.52 Å². The van der Waals surface area contributed by atoms with Gasteiger partial charge < -0.3 is 14.5 Å². The Morgan fingerprint density at radius 1 is 0.923 bits per heavy atom. The first-order valence-corrected chi connectivity index (χ1v) is 10.0. The van der Waals surface area contributed by atoms with E-state index in [9.17, 15) is 0 Å². The standard InChI is InChI=1S/C19H30N6O/c1-26-18-7-6-17-20-21-19(25(17)22-18)16-8-12-24(13-9-16)15-14-23-10-4-2-3-5-11-23/h6-7,16H,2-5,8-15H2,1H3. The maximum absolute atomic E-state index is 5.25. The van der Waals surface area contributed by atoms with Crippen molar-refractivity contribution in [2.24, 2.45) is 0 Å². The van der Waals surface area contributed by atoms with Crippen molar-refractivity contribution in [1.82, 2.24) is 29.6 Å². The Balaban J connectivity index is 1.32. The minimum atomic E-state index is 0.430. The van der Waals surface area contributed by atoms with E-state index in [0.717, 1.165) is 37.4 Å². The molecule has 0 atom stereocenters. The quantitative estimate of drug-likeness (QED) is 0.817. The fraction of sp³-hybridized carbons (Fsp3) is 0.737. The molecule has 2 saturated heterocycles. The monoisotopic (exact) mass is 358 g/mol. The van der Waals surface area contributed by atoms with Crippen molar-refractivity contribution in [3.8, 4) is 5.88 Å². The number of hydrogen-bond acceptors (Lipinski definition) is 6. The van der Waals surface area contributed by atoms with Crippen LogP contribution >= 0.6 is 0 Å². The van der Waals surface area contributed by atoms with E-state index in [0.29, 0.717) is 11.8 Å². The van der Waals surface area contributed by atoms with Gasteiger partial charge in [-0.25, -0.2) is 0 Å². The van der Waals surface area contributed by atoms with Crippen molar-refractivity contribution >= 4 is 5.65 Å². The smallest absolute Gasteiger partial charge is 0.231 e. The Morgan fingerprint density at radius 2 is 1.62 bits per heavy atom. The average molecular weight is 358 g/mol. The second-order valence-corrected chi connectivity index (χ2v) is 7.58. The lowest BCUT2D eigenvalue weighted by Gasteiger charge is -2.32. The van der Waals surface area contributed by atoms with Crippen LogP contribution in [0.3, 0.4) is 0 Å². The van der Waals surface area contributed by atoms with Crippen LogP contribution in [-0.4, -0.2) is 76.0 Å². The van der Waals surface area contributed by atoms with Gasteiger partial charge in [0.05, 0.1) is 7.11 Å². The number of likely N-dealkylation sites (tertiary alicyclic amines) is 2. The van der Waals surface area contributed by atoms with Crippen LogP contribution in [0.2, 0.25) is 0 Å². The van der Waals surface area contributed by atoms with Gasteiger partial charge in [-0.05, 0) is 57.9 Å². The molecule has 0 spiro atoms. The van der Waals surface area contributed by atoms with Crippen molar-refractivity contribution in [2.45, 2.75) is 44.4 Å². The van der Waals surface area contributed by atoms with E-state index in [-0.39, 0.29) is 0 Å². The van der Waals surface area contributed by atoms with Crippen LogP contribution in [0.25, 0.3) is 5.65 Å². The molecule has 0 N–H and O–H groups in total. The highest BCUT2D eigenvalue weighted by Gasteiger charge is 2.25. The van der Waals surface area contributed by atoms with Crippen molar-refractivity contribution < 1.29 is 4.74 Å². The Labute approximate surface area is 155 Å². The summed E-state index contributed by atoms with van der Waals surface area (Å²) in [6.07, 6.45) is 7.82. The first-order chi connectivity index (χ1) is 12.8. The summed E-state index contributed by atoms with van der Waals surface area (Å²) in [4.78, 5) is 5.26. The third kappa shape index (κ3) is 3.99. The summed E-state index contributed by atoms with van der Waals surface area (Å²) in [6.45, 7) is 7.26. The third-order valence-corrected chi connectivity index (χ3v) is 5.86. The average Bonchev–Trinajstić information content (AvgIpc) is 2.93. The van der Waals surface area contributed by atoms with Crippen molar-refractivity contribution in [3.63, 3.8) is 0 Å². The van der Waals surface area contributed by atoms with Crippen LogP contribution in [0, 0.1) is 0 Å². The number of piperidine rings is 1. The third-order valence-electron chi connectivity index (χ3n) is 5.86. The lowest BCUT2D eigenvalue weighted by Crippen LogP contribution is -2.39. The number of hydrogen-bond donors (Lipinski definition) is 0. The summed E-state index contributed by atoms with van der Waals surface area (Å²) in [5.41, 5.74) is 0.796. The van der Waals surface area contributed by atoms with Gasteiger partial charge in [-0.3, -0.25) is 0 Å². The highest BCUT2D eigenvalue weighted by atomic mass is 16.5. The number of nitrogens with zero attached hydrogens (tertiary/aromatic N) is 6. The predicted molar refractivity (Wildman–Crippen MR) is 101 cm³/mol. The maximum Gasteiger partial charge on any atom is 0.231 e. The molecule has 0 saturated carbocycles. The normalized spacial score (nSPS) is 21.1. The molecule has 7 heteroatoms. The second kappa shape index (κ2) is 8.31. The van der Waals surface area contributed by atoms with E-state index in [1.807, 2.05) is 16.6 Å². The molecule has 0 amide bonds. The van der Waals surface area contributed by atoms with Crippen LogP contribution in [0.1, 0.15) is 50.3 Å². The Kier molecular flexibility index (Phi) is 5.65. The molecule has 4 rings (SSSR count). The first-order valence-electron chi connectivity index (χ1n) is 10.0. The van der Waals surface area contributed by atoms with E-state index < -0.39 is 0 Å². The SMILES string of the molecule is COc1ccc2nnc(C3CCN(CCN4CCCCCC4)CC3)n2n1. The fourth-order valence-electron chi connectivity index (χ4n) is 4.21. The number of methoxy groups -OCH3 is 1. The molecule has 2 aromatic rings. The van der Waals surface area contributed by atoms with Crippen LogP contribution in [0.5, 0.6) is 5.88 Å². The molecular weight excluding hydrogens is 328 g/mol. The highest BCUT2D eigenvalue weighted by Crippen LogP contribution is 2.27. The molecule has 0 unspecified atom stereocenters. The number of fused-ring (bicyclic) bond motifs is 1. The zero-order chi connectivity index (χ0) is 17.8. The topological polar surface area (TPSA) is 58.8 Å². The molecule has 2 aromatic heterocycles. The molecule has 4 heterocycles. The van der Waals surface area contributed by atoms with Gasteiger partial charge in [0.1, 0.15) is 0 Å². The molecule has 2 aliphatic heterocycles. The summed E-state index contributed by atoms with van der Waals surface area (Å²) >= 11 is 0. The molecular formula is C19H30N6O. The van der Waals surface area contributed by atoms with Crippen molar-refractivity contribution in [3.05, 3.63) is 18.0 Å². The minimum absolute atomic E-state index is 0.430. The van der Waals surface area contributed by atoms with Crippen LogP contribution in [0.15, 0.2) is 12.1 Å². The Hall–Kier alpha value is -1.73. The van der Waals surface area contributed by atoms with E-state index in [4.69, 9.17) is 4.74 Å². The van der Waals surface area contributed by atoms with Crippen LogP contribution < -0.4 is 4.74 Å². The molecule has 26 heavy (non-hydrogen) atoms. The molecule has 0 bridgehead atoms. The van der Waals surface area contributed by atoms with Gasteiger partial charge in [0, 0.05) is 25.1 Å². The minimum Gasteiger partial charge on any atom is -0.480 e. The number of rotatable bonds is 5. The molecule has 2 fully saturated rings. The van der Waals surface area contributed by atoms with Gasteiger partial charge in [-0.15, -0.1) is 15.3 Å².